The summed E-state index contributed by atoms with van der Waals surface area (Å²) in [6.45, 7) is 0.325. The fourth-order valence-electron chi connectivity index (χ4n) is 1.77. The number of halogens is 4. The molecule has 102 valence electrons. The molecular weight excluding hydrogens is 277 g/mol. The van der Waals surface area contributed by atoms with Gasteiger partial charge in [-0.1, -0.05) is 11.6 Å². The zero-order valence-corrected chi connectivity index (χ0v) is 10.9. The van der Waals surface area contributed by atoms with Gasteiger partial charge in [0.05, 0.1) is 5.56 Å². The van der Waals surface area contributed by atoms with E-state index in [1.54, 1.807) is 0 Å². The van der Waals surface area contributed by atoms with Gasteiger partial charge in [-0.15, -0.1) is 0 Å². The van der Waals surface area contributed by atoms with Crippen molar-refractivity contribution in [3.05, 3.63) is 52.8 Å². The summed E-state index contributed by atoms with van der Waals surface area (Å²) in [6.07, 6.45) is -0.746. The van der Waals surface area contributed by atoms with E-state index in [0.717, 1.165) is 11.6 Å². The highest BCUT2D eigenvalue weighted by atomic mass is 35.5. The molecule has 0 amide bonds. The molecule has 2 rings (SSSR count). The third kappa shape index (κ3) is 3.44. The lowest BCUT2D eigenvalue weighted by atomic mass is 10.1. The van der Waals surface area contributed by atoms with Gasteiger partial charge >= 0.3 is 6.18 Å². The second kappa shape index (κ2) is 5.17. The summed E-state index contributed by atoms with van der Waals surface area (Å²) >= 11 is 5.61. The van der Waals surface area contributed by atoms with E-state index in [4.69, 9.17) is 11.6 Å². The van der Waals surface area contributed by atoms with E-state index in [1.807, 2.05) is 30.1 Å². The zero-order valence-electron chi connectivity index (χ0n) is 10.1. The molecular formula is C13H12ClF3N2. The number of hydrogen-bond acceptors (Lipinski definition) is 1. The van der Waals surface area contributed by atoms with Gasteiger partial charge in [0, 0.05) is 36.7 Å². The van der Waals surface area contributed by atoms with E-state index >= 15 is 0 Å². The van der Waals surface area contributed by atoms with Crippen LogP contribution < -0.4 is 5.32 Å². The Morgan fingerprint density at radius 1 is 1.26 bits per heavy atom. The smallest absolute Gasteiger partial charge is 0.380 e. The van der Waals surface area contributed by atoms with Crippen molar-refractivity contribution in [2.45, 2.75) is 12.7 Å². The maximum Gasteiger partial charge on any atom is 0.418 e. The van der Waals surface area contributed by atoms with Crippen LogP contribution in [0.3, 0.4) is 0 Å². The lowest BCUT2D eigenvalue weighted by Gasteiger charge is -2.14. The quantitative estimate of drug-likeness (QED) is 0.890. The Labute approximate surface area is 113 Å². The van der Waals surface area contributed by atoms with Gasteiger partial charge in [0.15, 0.2) is 0 Å². The number of nitrogens with one attached hydrogen (secondary N) is 1. The fraction of sp³-hybridized carbons (Fsp3) is 0.231. The SMILES string of the molecule is Cn1ccc(CNc2ccc(Cl)cc2C(F)(F)F)c1. The fourth-order valence-corrected chi connectivity index (χ4v) is 1.94. The lowest BCUT2D eigenvalue weighted by molar-refractivity contribution is -0.136. The average molecular weight is 289 g/mol. The van der Waals surface area contributed by atoms with Crippen LogP contribution in [-0.4, -0.2) is 4.57 Å². The van der Waals surface area contributed by atoms with Gasteiger partial charge in [-0.05, 0) is 29.8 Å². The van der Waals surface area contributed by atoms with Crippen molar-refractivity contribution in [1.29, 1.82) is 0 Å². The van der Waals surface area contributed by atoms with Crippen LogP contribution in [0.4, 0.5) is 18.9 Å². The largest absolute Gasteiger partial charge is 0.418 e. The Morgan fingerprint density at radius 2 is 2.00 bits per heavy atom. The van der Waals surface area contributed by atoms with Gasteiger partial charge in [0.25, 0.3) is 0 Å². The number of benzene rings is 1. The van der Waals surface area contributed by atoms with Crippen LogP contribution in [0.5, 0.6) is 0 Å². The van der Waals surface area contributed by atoms with E-state index in [-0.39, 0.29) is 10.7 Å². The van der Waals surface area contributed by atoms with Crippen LogP contribution >= 0.6 is 11.6 Å². The minimum absolute atomic E-state index is 0.0285. The molecule has 6 heteroatoms. The van der Waals surface area contributed by atoms with Gasteiger partial charge in [-0.3, -0.25) is 0 Å². The molecule has 0 radical (unpaired) electrons. The van der Waals surface area contributed by atoms with Gasteiger partial charge in [0.1, 0.15) is 0 Å². The number of nitrogens with zero attached hydrogens (tertiary/aromatic N) is 1. The highest BCUT2D eigenvalue weighted by Crippen LogP contribution is 2.36. The molecule has 2 aromatic rings. The highest BCUT2D eigenvalue weighted by Gasteiger charge is 2.33. The third-order valence-electron chi connectivity index (χ3n) is 2.66. The molecule has 19 heavy (non-hydrogen) atoms. The van der Waals surface area contributed by atoms with Gasteiger partial charge in [-0.2, -0.15) is 13.2 Å². The minimum atomic E-state index is -4.43. The molecule has 0 bridgehead atoms. The van der Waals surface area contributed by atoms with Gasteiger partial charge < -0.3 is 9.88 Å². The molecule has 1 N–H and O–H groups in total. The predicted molar refractivity (Wildman–Crippen MR) is 69.2 cm³/mol. The molecule has 2 nitrogen and oxygen atoms in total. The zero-order chi connectivity index (χ0) is 14.0. The van der Waals surface area contributed by atoms with E-state index in [2.05, 4.69) is 5.32 Å². The molecule has 0 unspecified atom stereocenters. The predicted octanol–water partition coefficient (Wildman–Crippen LogP) is 4.31. The molecule has 1 aromatic carbocycles. The number of rotatable bonds is 3. The van der Waals surface area contributed by atoms with Crippen molar-refractivity contribution in [1.82, 2.24) is 4.57 Å². The minimum Gasteiger partial charge on any atom is -0.380 e. The Kier molecular flexibility index (Phi) is 3.75. The Morgan fingerprint density at radius 3 is 2.58 bits per heavy atom. The summed E-state index contributed by atoms with van der Waals surface area (Å²) < 4.78 is 40.4. The highest BCUT2D eigenvalue weighted by molar-refractivity contribution is 6.30. The summed E-state index contributed by atoms with van der Waals surface area (Å²) in [7, 11) is 1.85. The first-order valence-corrected chi connectivity index (χ1v) is 5.95. The monoisotopic (exact) mass is 288 g/mol. The average Bonchev–Trinajstić information content (AvgIpc) is 2.72. The molecule has 0 fully saturated rings. The van der Waals surface area contributed by atoms with Crippen LogP contribution in [0.15, 0.2) is 36.7 Å². The maximum absolute atomic E-state index is 12.9. The topological polar surface area (TPSA) is 17.0 Å². The van der Waals surface area contributed by atoms with E-state index in [9.17, 15) is 13.2 Å². The molecule has 0 aliphatic heterocycles. The summed E-state index contributed by atoms with van der Waals surface area (Å²) in [6, 6.07) is 5.54. The van der Waals surface area contributed by atoms with Gasteiger partial charge in [0.2, 0.25) is 0 Å². The maximum atomic E-state index is 12.9. The standard InChI is InChI=1S/C13H12ClF3N2/c1-19-5-4-9(8-19)7-18-12-3-2-10(14)6-11(12)13(15,16)17/h2-6,8,18H,7H2,1H3. The Hall–Kier alpha value is -1.62. The number of hydrogen-bond donors (Lipinski definition) is 1. The first-order valence-electron chi connectivity index (χ1n) is 5.58. The summed E-state index contributed by atoms with van der Waals surface area (Å²) in [4.78, 5) is 0. The Balaban J connectivity index is 2.20. The van der Waals surface area contributed by atoms with E-state index in [1.165, 1.54) is 12.1 Å². The summed E-state index contributed by atoms with van der Waals surface area (Å²) in [5.74, 6) is 0. The molecule has 0 saturated heterocycles. The van der Waals surface area contributed by atoms with Crippen LogP contribution in [0.25, 0.3) is 0 Å². The molecule has 0 aliphatic rings. The lowest BCUT2D eigenvalue weighted by Crippen LogP contribution is -2.10. The van der Waals surface area contributed by atoms with E-state index in [0.29, 0.717) is 6.54 Å². The van der Waals surface area contributed by atoms with Gasteiger partial charge in [-0.25, -0.2) is 0 Å². The van der Waals surface area contributed by atoms with Crippen LogP contribution in [0.2, 0.25) is 5.02 Å². The number of anilines is 1. The van der Waals surface area contributed by atoms with Crippen molar-refractivity contribution < 1.29 is 13.2 Å². The van der Waals surface area contributed by atoms with Crippen molar-refractivity contribution >= 4 is 17.3 Å². The molecule has 0 atom stereocenters. The molecule has 0 saturated carbocycles. The van der Waals surface area contributed by atoms with Crippen LogP contribution in [0, 0.1) is 0 Å². The Bertz CT molecular complexity index is 576. The van der Waals surface area contributed by atoms with Crippen molar-refractivity contribution in [2.24, 2.45) is 7.05 Å². The van der Waals surface area contributed by atoms with Crippen molar-refractivity contribution in [2.75, 3.05) is 5.32 Å². The number of aryl methyl sites for hydroxylation is 1. The second-order valence-electron chi connectivity index (χ2n) is 4.23. The number of alkyl halides is 3. The summed E-state index contributed by atoms with van der Waals surface area (Å²) in [5, 5.41) is 2.85. The number of aromatic nitrogens is 1. The van der Waals surface area contributed by atoms with Crippen molar-refractivity contribution in [3.8, 4) is 0 Å². The van der Waals surface area contributed by atoms with Crippen LogP contribution in [0.1, 0.15) is 11.1 Å². The first-order chi connectivity index (χ1) is 8.86. The molecule has 1 heterocycles. The molecule has 1 aromatic heterocycles. The summed E-state index contributed by atoms with van der Waals surface area (Å²) in [5.41, 5.74) is 0.183. The second-order valence-corrected chi connectivity index (χ2v) is 4.66. The normalized spacial score (nSPS) is 11.6. The molecule has 0 aliphatic carbocycles. The van der Waals surface area contributed by atoms with Crippen molar-refractivity contribution in [3.63, 3.8) is 0 Å². The third-order valence-corrected chi connectivity index (χ3v) is 2.90. The first kappa shape index (κ1) is 13.8. The molecule has 0 spiro atoms. The van der Waals surface area contributed by atoms with E-state index < -0.39 is 11.7 Å². The van der Waals surface area contributed by atoms with Crippen LogP contribution in [-0.2, 0) is 19.8 Å².